The van der Waals surface area contributed by atoms with Gasteiger partial charge in [0.15, 0.2) is 0 Å². The Morgan fingerprint density at radius 3 is 2.65 bits per heavy atom. The Balaban J connectivity index is 1.74. The number of benzene rings is 1. The van der Waals surface area contributed by atoms with Crippen LogP contribution in [0.25, 0.3) is 0 Å². The van der Waals surface area contributed by atoms with E-state index in [0.717, 1.165) is 12.1 Å². The first-order valence-electron chi connectivity index (χ1n) is 6.33. The van der Waals surface area contributed by atoms with Crippen molar-refractivity contribution in [1.29, 1.82) is 0 Å². The number of amides is 1. The number of nitrogens with two attached hydrogens (primary N) is 1. The summed E-state index contributed by atoms with van der Waals surface area (Å²) in [5.74, 6) is 0.656. The smallest absolute Gasteiger partial charge is 0.237 e. The summed E-state index contributed by atoms with van der Waals surface area (Å²) in [6.45, 7) is 0.793. The van der Waals surface area contributed by atoms with E-state index < -0.39 is 6.04 Å². The molecule has 1 atom stereocenters. The fourth-order valence-corrected chi connectivity index (χ4v) is 2.03. The second-order valence-electron chi connectivity index (χ2n) is 4.84. The van der Waals surface area contributed by atoms with Crippen LogP contribution in [0, 0.1) is 5.92 Å². The van der Waals surface area contributed by atoms with Gasteiger partial charge in [-0.1, -0.05) is 36.8 Å². The van der Waals surface area contributed by atoms with E-state index in [1.807, 2.05) is 30.3 Å². The summed E-state index contributed by atoms with van der Waals surface area (Å²) in [6.07, 6.45) is 4.40. The summed E-state index contributed by atoms with van der Waals surface area (Å²) in [6, 6.07) is 9.46. The lowest BCUT2D eigenvalue weighted by Crippen LogP contribution is -2.44. The SMILES string of the molecule is N[C@H](Cc1ccccc1)C(=O)NCC1CCC1. The first-order chi connectivity index (χ1) is 8.25. The normalized spacial score (nSPS) is 17.2. The predicted octanol–water partition coefficient (Wildman–Crippen LogP) is 1.47. The summed E-state index contributed by atoms with van der Waals surface area (Å²) in [5.41, 5.74) is 6.99. The van der Waals surface area contributed by atoms with Crippen molar-refractivity contribution in [3.63, 3.8) is 0 Å². The summed E-state index contributed by atoms with van der Waals surface area (Å²) in [5, 5.41) is 2.94. The minimum atomic E-state index is -0.433. The highest BCUT2D eigenvalue weighted by Crippen LogP contribution is 2.25. The zero-order valence-corrected chi connectivity index (χ0v) is 10.1. The van der Waals surface area contributed by atoms with E-state index >= 15 is 0 Å². The molecule has 1 aromatic carbocycles. The minimum Gasteiger partial charge on any atom is -0.354 e. The third-order valence-corrected chi connectivity index (χ3v) is 3.42. The predicted molar refractivity (Wildman–Crippen MR) is 68.5 cm³/mol. The second-order valence-corrected chi connectivity index (χ2v) is 4.84. The first kappa shape index (κ1) is 12.1. The maximum Gasteiger partial charge on any atom is 0.237 e. The largest absolute Gasteiger partial charge is 0.354 e. The number of nitrogens with one attached hydrogen (secondary N) is 1. The molecule has 1 aromatic rings. The molecule has 17 heavy (non-hydrogen) atoms. The highest BCUT2D eigenvalue weighted by molar-refractivity contribution is 5.81. The lowest BCUT2D eigenvalue weighted by atomic mass is 9.85. The van der Waals surface area contributed by atoms with Crippen molar-refractivity contribution in [2.75, 3.05) is 6.54 Å². The van der Waals surface area contributed by atoms with E-state index in [1.165, 1.54) is 19.3 Å². The van der Waals surface area contributed by atoms with Crippen molar-refractivity contribution in [2.45, 2.75) is 31.7 Å². The molecule has 0 bridgehead atoms. The van der Waals surface area contributed by atoms with Gasteiger partial charge in [0.25, 0.3) is 0 Å². The van der Waals surface area contributed by atoms with Gasteiger partial charge in [0.1, 0.15) is 0 Å². The van der Waals surface area contributed by atoms with Crippen LogP contribution in [-0.4, -0.2) is 18.5 Å². The van der Waals surface area contributed by atoms with Crippen molar-refractivity contribution in [3.05, 3.63) is 35.9 Å². The number of hydrogen-bond acceptors (Lipinski definition) is 2. The van der Waals surface area contributed by atoms with E-state index in [0.29, 0.717) is 12.3 Å². The Morgan fingerprint density at radius 1 is 1.35 bits per heavy atom. The molecule has 2 rings (SSSR count). The van der Waals surface area contributed by atoms with Crippen LogP contribution < -0.4 is 11.1 Å². The highest BCUT2D eigenvalue weighted by Gasteiger charge is 2.20. The average molecular weight is 232 g/mol. The van der Waals surface area contributed by atoms with E-state index in [2.05, 4.69) is 5.32 Å². The molecule has 1 aliphatic rings. The van der Waals surface area contributed by atoms with Crippen molar-refractivity contribution >= 4 is 5.91 Å². The van der Waals surface area contributed by atoms with Gasteiger partial charge in [-0.15, -0.1) is 0 Å². The zero-order valence-electron chi connectivity index (χ0n) is 10.1. The third-order valence-electron chi connectivity index (χ3n) is 3.42. The number of rotatable bonds is 5. The molecule has 1 aliphatic carbocycles. The molecule has 1 saturated carbocycles. The van der Waals surface area contributed by atoms with Crippen molar-refractivity contribution in [3.8, 4) is 0 Å². The molecule has 0 spiro atoms. The van der Waals surface area contributed by atoms with E-state index in [4.69, 9.17) is 5.73 Å². The van der Waals surface area contributed by atoms with Crippen LogP contribution in [0.3, 0.4) is 0 Å². The third kappa shape index (κ3) is 3.56. The Morgan fingerprint density at radius 2 is 2.06 bits per heavy atom. The molecule has 92 valence electrons. The maximum atomic E-state index is 11.8. The molecule has 0 saturated heterocycles. The number of carbonyl (C=O) groups excluding carboxylic acids is 1. The quantitative estimate of drug-likeness (QED) is 0.807. The molecule has 1 amide bonds. The molecule has 3 N–H and O–H groups in total. The van der Waals surface area contributed by atoms with E-state index in [9.17, 15) is 4.79 Å². The van der Waals surface area contributed by atoms with Crippen LogP contribution in [0.1, 0.15) is 24.8 Å². The van der Waals surface area contributed by atoms with Crippen LogP contribution in [0.15, 0.2) is 30.3 Å². The van der Waals surface area contributed by atoms with Crippen LogP contribution in [0.5, 0.6) is 0 Å². The molecule has 0 heterocycles. The van der Waals surface area contributed by atoms with Crippen molar-refractivity contribution in [2.24, 2.45) is 11.7 Å². The van der Waals surface area contributed by atoms with Crippen LogP contribution in [0.4, 0.5) is 0 Å². The highest BCUT2D eigenvalue weighted by atomic mass is 16.2. The standard InChI is InChI=1S/C14H20N2O/c15-13(9-11-5-2-1-3-6-11)14(17)16-10-12-7-4-8-12/h1-3,5-6,12-13H,4,7-10,15H2,(H,16,17)/t13-/m1/s1. The topological polar surface area (TPSA) is 55.1 Å². The number of hydrogen-bond donors (Lipinski definition) is 2. The zero-order chi connectivity index (χ0) is 12.1. The van der Waals surface area contributed by atoms with Gasteiger partial charge in [0.05, 0.1) is 6.04 Å². The lowest BCUT2D eigenvalue weighted by Gasteiger charge is -2.26. The summed E-state index contributed by atoms with van der Waals surface area (Å²) < 4.78 is 0. The van der Waals surface area contributed by atoms with Gasteiger partial charge in [-0.05, 0) is 30.7 Å². The molecular formula is C14H20N2O. The fourth-order valence-electron chi connectivity index (χ4n) is 2.03. The Bertz CT molecular complexity index is 360. The molecule has 0 aliphatic heterocycles. The van der Waals surface area contributed by atoms with Gasteiger partial charge in [-0.3, -0.25) is 4.79 Å². The van der Waals surface area contributed by atoms with Crippen molar-refractivity contribution < 1.29 is 4.79 Å². The van der Waals surface area contributed by atoms with Gasteiger partial charge < -0.3 is 11.1 Å². The first-order valence-corrected chi connectivity index (χ1v) is 6.33. The molecule has 3 nitrogen and oxygen atoms in total. The molecule has 0 aromatic heterocycles. The molecule has 0 unspecified atom stereocenters. The van der Waals surface area contributed by atoms with Gasteiger partial charge in [0.2, 0.25) is 5.91 Å². The summed E-state index contributed by atoms with van der Waals surface area (Å²) in [7, 11) is 0. The Hall–Kier alpha value is -1.35. The van der Waals surface area contributed by atoms with Crippen LogP contribution >= 0.6 is 0 Å². The molecular weight excluding hydrogens is 212 g/mol. The van der Waals surface area contributed by atoms with Gasteiger partial charge in [-0.25, -0.2) is 0 Å². The van der Waals surface area contributed by atoms with Crippen molar-refractivity contribution in [1.82, 2.24) is 5.32 Å². The monoisotopic (exact) mass is 232 g/mol. The van der Waals surface area contributed by atoms with Gasteiger partial charge in [0, 0.05) is 6.54 Å². The molecule has 0 radical (unpaired) electrons. The Kier molecular flexibility index (Phi) is 4.15. The number of carbonyl (C=O) groups is 1. The van der Waals surface area contributed by atoms with Gasteiger partial charge >= 0.3 is 0 Å². The summed E-state index contributed by atoms with van der Waals surface area (Å²) in [4.78, 5) is 11.8. The molecule has 1 fully saturated rings. The van der Waals surface area contributed by atoms with E-state index in [1.54, 1.807) is 0 Å². The van der Waals surface area contributed by atoms with E-state index in [-0.39, 0.29) is 5.91 Å². The Labute approximate surface area is 102 Å². The van der Waals surface area contributed by atoms with Crippen LogP contribution in [0.2, 0.25) is 0 Å². The minimum absolute atomic E-state index is 0.0271. The van der Waals surface area contributed by atoms with Crippen LogP contribution in [-0.2, 0) is 11.2 Å². The lowest BCUT2D eigenvalue weighted by molar-refractivity contribution is -0.122. The maximum absolute atomic E-state index is 11.8. The summed E-state index contributed by atoms with van der Waals surface area (Å²) >= 11 is 0. The average Bonchev–Trinajstić information content (AvgIpc) is 2.28. The molecule has 3 heteroatoms. The second kappa shape index (κ2) is 5.82. The van der Waals surface area contributed by atoms with Gasteiger partial charge in [-0.2, -0.15) is 0 Å². The fraction of sp³-hybridized carbons (Fsp3) is 0.500.